The molecule has 2 aliphatic heterocycles. The van der Waals surface area contributed by atoms with E-state index in [2.05, 4.69) is 241 Å². The Kier molecular flexibility index (Phi) is 8.13. The molecule has 0 atom stereocenters. The van der Waals surface area contributed by atoms with Gasteiger partial charge in [-0.05, 0) is 130 Å². The third kappa shape index (κ3) is 5.67. The quantitative estimate of drug-likeness (QED) is 0.172. The van der Waals surface area contributed by atoms with Crippen LogP contribution >= 0.6 is 11.8 Å². The van der Waals surface area contributed by atoms with E-state index < -0.39 is 0 Å². The maximum atomic E-state index is 2.43. The molecule has 61 heavy (non-hydrogen) atoms. The first-order valence-electron chi connectivity index (χ1n) is 21.0. The summed E-state index contributed by atoms with van der Waals surface area (Å²) >= 11 is 1.87. The van der Waals surface area contributed by atoms with E-state index in [0.29, 0.717) is 0 Å². The molecule has 0 radical (unpaired) electrons. The Balaban J connectivity index is 0.964. The lowest BCUT2D eigenvalue weighted by Gasteiger charge is -2.42. The number of hydrogen-bond donors (Lipinski definition) is 0. The summed E-state index contributed by atoms with van der Waals surface area (Å²) < 4.78 is 2.38. The molecule has 0 spiro atoms. The summed E-state index contributed by atoms with van der Waals surface area (Å²) in [5.74, 6) is 0. The second-order valence-electron chi connectivity index (χ2n) is 16.6. The van der Waals surface area contributed by atoms with Crippen molar-refractivity contribution in [2.75, 3.05) is 9.80 Å². The molecule has 12 rings (SSSR count). The van der Waals surface area contributed by atoms with E-state index in [0.717, 1.165) is 5.69 Å². The van der Waals surface area contributed by atoms with Crippen molar-refractivity contribution in [2.45, 2.75) is 29.1 Å². The van der Waals surface area contributed by atoms with Gasteiger partial charge in [-0.1, -0.05) is 141 Å². The predicted octanol–water partition coefficient (Wildman–Crippen LogP) is 16.2. The van der Waals surface area contributed by atoms with E-state index in [4.69, 9.17) is 0 Å². The SMILES string of the molecule is CC1(C)c2ccccc2N(c2ccccc2)c2ccc(-c3ccc4c(c3)Sc3cc(-c5ccc6c(c5)c5ccccc5n6-c5ccccc5)ccc3N4c3ccccc3)cc21. The Morgan fingerprint density at radius 3 is 1.46 bits per heavy atom. The Morgan fingerprint density at radius 1 is 0.344 bits per heavy atom. The van der Waals surface area contributed by atoms with E-state index >= 15 is 0 Å². The molecule has 0 fully saturated rings. The van der Waals surface area contributed by atoms with Crippen LogP contribution in [0.25, 0.3) is 49.7 Å². The smallest absolute Gasteiger partial charge is 0.0602 e. The number of benzene rings is 9. The molecule has 1 aromatic heterocycles. The number of fused-ring (bicyclic) bond motifs is 7. The van der Waals surface area contributed by atoms with Gasteiger partial charge in [0.05, 0.1) is 33.8 Å². The molecule has 0 saturated carbocycles. The van der Waals surface area contributed by atoms with E-state index in [9.17, 15) is 0 Å². The predicted molar refractivity (Wildman–Crippen MR) is 257 cm³/mol. The summed E-state index contributed by atoms with van der Waals surface area (Å²) in [6.45, 7) is 4.73. The summed E-state index contributed by atoms with van der Waals surface area (Å²) in [5.41, 5.74) is 18.1. The summed E-state index contributed by atoms with van der Waals surface area (Å²) in [6.07, 6.45) is 0. The van der Waals surface area contributed by atoms with Gasteiger partial charge in [0.1, 0.15) is 0 Å². The standard InChI is InChI=1S/C57H41N3S/c1-57(2)47-23-13-15-25-51(47)59(43-18-8-4-9-19-43)52-31-27-39(35-48(52)57)41-29-33-54-56(37-41)61-55-36-40(28-32-53(55)60(54)44-20-10-5-11-21-44)38-26-30-50-46(34-38)45-22-12-14-24-49(45)58(50)42-16-6-3-7-17-42/h3-37H,1-2H3. The molecule has 0 unspecified atom stereocenters. The lowest BCUT2D eigenvalue weighted by Crippen LogP contribution is -2.30. The number of para-hydroxylation sites is 5. The molecule has 9 aromatic carbocycles. The van der Waals surface area contributed by atoms with Gasteiger partial charge < -0.3 is 14.4 Å². The highest BCUT2D eigenvalue weighted by molar-refractivity contribution is 7.99. The largest absolute Gasteiger partial charge is 0.310 e. The molecule has 10 aromatic rings. The molecule has 290 valence electrons. The molecule has 0 aliphatic carbocycles. The van der Waals surface area contributed by atoms with Crippen molar-refractivity contribution in [3.63, 3.8) is 0 Å². The van der Waals surface area contributed by atoms with Crippen molar-refractivity contribution in [3.05, 3.63) is 223 Å². The van der Waals surface area contributed by atoms with Crippen LogP contribution < -0.4 is 9.80 Å². The second kappa shape index (κ2) is 13.9. The average molecular weight is 800 g/mol. The van der Waals surface area contributed by atoms with Crippen LogP contribution in [0.2, 0.25) is 0 Å². The number of rotatable bonds is 5. The molecule has 3 nitrogen and oxygen atoms in total. The molecular weight excluding hydrogens is 759 g/mol. The van der Waals surface area contributed by atoms with Gasteiger partial charge in [-0.25, -0.2) is 0 Å². The van der Waals surface area contributed by atoms with Crippen molar-refractivity contribution in [1.82, 2.24) is 4.57 Å². The molecular formula is C57H41N3S. The maximum absolute atomic E-state index is 2.43. The van der Waals surface area contributed by atoms with Gasteiger partial charge in [0, 0.05) is 43.0 Å². The molecule has 2 aliphatic rings. The topological polar surface area (TPSA) is 11.4 Å². The first-order valence-corrected chi connectivity index (χ1v) is 21.8. The summed E-state index contributed by atoms with van der Waals surface area (Å²) in [6, 6.07) is 77.9. The Bertz CT molecular complexity index is 3310. The van der Waals surface area contributed by atoms with E-state index in [-0.39, 0.29) is 5.41 Å². The first-order chi connectivity index (χ1) is 30.0. The van der Waals surface area contributed by atoms with Crippen molar-refractivity contribution in [1.29, 1.82) is 0 Å². The van der Waals surface area contributed by atoms with E-state index in [1.807, 2.05) is 11.8 Å². The van der Waals surface area contributed by atoms with Crippen LogP contribution in [0.3, 0.4) is 0 Å². The molecule has 0 amide bonds. The Morgan fingerprint density at radius 2 is 0.803 bits per heavy atom. The molecule has 0 bridgehead atoms. The van der Waals surface area contributed by atoms with Gasteiger partial charge in [0.25, 0.3) is 0 Å². The first kappa shape index (κ1) is 35.7. The monoisotopic (exact) mass is 799 g/mol. The summed E-state index contributed by atoms with van der Waals surface area (Å²) in [5, 5.41) is 2.52. The lowest BCUT2D eigenvalue weighted by molar-refractivity contribution is 0.632. The van der Waals surface area contributed by atoms with E-state index in [1.54, 1.807) is 0 Å². The van der Waals surface area contributed by atoms with Crippen LogP contribution in [0.5, 0.6) is 0 Å². The average Bonchev–Trinajstić information content (AvgIpc) is 3.65. The maximum Gasteiger partial charge on any atom is 0.0602 e. The van der Waals surface area contributed by atoms with Gasteiger partial charge in [0.15, 0.2) is 0 Å². The third-order valence-corrected chi connectivity index (χ3v) is 13.8. The minimum atomic E-state index is -0.185. The zero-order chi connectivity index (χ0) is 40.7. The van der Waals surface area contributed by atoms with Crippen LogP contribution in [0.1, 0.15) is 25.0 Å². The zero-order valence-corrected chi connectivity index (χ0v) is 34.8. The van der Waals surface area contributed by atoms with Crippen LogP contribution in [0.4, 0.5) is 34.1 Å². The highest BCUT2D eigenvalue weighted by Gasteiger charge is 2.37. The van der Waals surface area contributed by atoms with E-state index in [1.165, 1.54) is 99.1 Å². The molecule has 0 saturated heterocycles. The van der Waals surface area contributed by atoms with Crippen molar-refractivity contribution in [3.8, 4) is 27.9 Å². The highest BCUT2D eigenvalue weighted by atomic mass is 32.2. The minimum Gasteiger partial charge on any atom is -0.310 e. The van der Waals surface area contributed by atoms with Gasteiger partial charge in [0.2, 0.25) is 0 Å². The lowest BCUT2D eigenvalue weighted by atomic mass is 9.73. The van der Waals surface area contributed by atoms with Crippen LogP contribution in [-0.4, -0.2) is 4.57 Å². The Hall–Kier alpha value is -7.27. The van der Waals surface area contributed by atoms with Gasteiger partial charge in [-0.15, -0.1) is 0 Å². The fraction of sp³-hybridized carbons (Fsp3) is 0.0526. The highest BCUT2D eigenvalue weighted by Crippen LogP contribution is 2.55. The fourth-order valence-electron chi connectivity index (χ4n) is 9.77. The van der Waals surface area contributed by atoms with Crippen molar-refractivity contribution in [2.24, 2.45) is 0 Å². The normalized spacial score (nSPS) is 13.7. The number of anilines is 6. The minimum absolute atomic E-state index is 0.185. The number of aromatic nitrogens is 1. The zero-order valence-electron chi connectivity index (χ0n) is 34.0. The summed E-state index contributed by atoms with van der Waals surface area (Å²) in [7, 11) is 0. The van der Waals surface area contributed by atoms with Gasteiger partial charge in [-0.2, -0.15) is 0 Å². The Labute approximate surface area is 360 Å². The van der Waals surface area contributed by atoms with Gasteiger partial charge >= 0.3 is 0 Å². The van der Waals surface area contributed by atoms with Gasteiger partial charge in [-0.3, -0.25) is 0 Å². The second-order valence-corrected chi connectivity index (χ2v) is 17.7. The fourth-order valence-corrected chi connectivity index (χ4v) is 10.9. The van der Waals surface area contributed by atoms with Crippen LogP contribution in [-0.2, 0) is 5.41 Å². The van der Waals surface area contributed by atoms with Crippen LogP contribution in [0, 0.1) is 0 Å². The summed E-state index contributed by atoms with van der Waals surface area (Å²) in [4.78, 5) is 7.32. The number of nitrogens with zero attached hydrogens (tertiary/aromatic N) is 3. The molecule has 4 heteroatoms. The number of hydrogen-bond acceptors (Lipinski definition) is 3. The van der Waals surface area contributed by atoms with Crippen molar-refractivity contribution < 1.29 is 0 Å². The van der Waals surface area contributed by atoms with Crippen LogP contribution in [0.15, 0.2) is 222 Å². The molecule has 0 N–H and O–H groups in total. The van der Waals surface area contributed by atoms with Crippen molar-refractivity contribution >= 4 is 67.7 Å². The third-order valence-electron chi connectivity index (χ3n) is 12.7. The molecule has 3 heterocycles.